The molecule has 2 aliphatic carbocycles. The molecule has 0 N–H and O–H groups in total. The summed E-state index contributed by atoms with van der Waals surface area (Å²) < 4.78 is 0. The summed E-state index contributed by atoms with van der Waals surface area (Å²) in [6.07, 6.45) is 5.53. The number of fused-ring (bicyclic) bond motifs is 6. The second-order valence-electron chi connectivity index (χ2n) is 18.7. The standard InChI is InChI=1S/C67H50N2/c1-4-23-53(24-5-1)67(54-34-39-58(40-35-54)68(55-25-6-2-7-26-55)59-38-31-47-17-10-11-19-50(47)43-59)65-42-41-60(46-64(65)63-44-51-20-12-13-21-52(51)45-66(63)67)69(56-27-8-3-9-28-56)57-36-32-49(33-37-57)62-30-16-22-48-18-14-15-29-61(48)62/h1-34,36-38,41-46,58H,35,39-40H2. The van der Waals surface area contributed by atoms with E-state index in [-0.39, 0.29) is 6.04 Å². The number of hydrogen-bond acceptors (Lipinski definition) is 2. The van der Waals surface area contributed by atoms with Gasteiger partial charge in [0.25, 0.3) is 0 Å². The Bertz CT molecular complexity index is 3700. The first-order valence-electron chi connectivity index (χ1n) is 24.4. The summed E-state index contributed by atoms with van der Waals surface area (Å²) in [5, 5.41) is 7.57. The van der Waals surface area contributed by atoms with Crippen LogP contribution in [0.3, 0.4) is 0 Å². The average Bonchev–Trinajstić information content (AvgIpc) is 3.70. The third kappa shape index (κ3) is 6.94. The van der Waals surface area contributed by atoms with Crippen LogP contribution in [0.15, 0.2) is 266 Å². The van der Waals surface area contributed by atoms with Crippen LogP contribution in [0.2, 0.25) is 0 Å². The van der Waals surface area contributed by atoms with Gasteiger partial charge in [-0.25, -0.2) is 0 Å². The lowest BCUT2D eigenvalue weighted by Gasteiger charge is -2.41. The molecule has 2 nitrogen and oxygen atoms in total. The zero-order valence-corrected chi connectivity index (χ0v) is 38.4. The molecule has 0 radical (unpaired) electrons. The zero-order chi connectivity index (χ0) is 45.7. The van der Waals surface area contributed by atoms with E-state index in [4.69, 9.17) is 0 Å². The Morgan fingerprint density at radius 2 is 0.928 bits per heavy atom. The third-order valence-electron chi connectivity index (χ3n) is 15.0. The van der Waals surface area contributed by atoms with Crippen LogP contribution in [-0.2, 0) is 5.41 Å². The average molecular weight is 883 g/mol. The second kappa shape index (κ2) is 17.0. The normalized spacial score (nSPS) is 16.2. The highest BCUT2D eigenvalue weighted by Gasteiger charge is 2.48. The van der Waals surface area contributed by atoms with Crippen LogP contribution in [-0.4, -0.2) is 6.04 Å². The van der Waals surface area contributed by atoms with Crippen molar-refractivity contribution in [2.45, 2.75) is 30.7 Å². The van der Waals surface area contributed by atoms with Crippen molar-refractivity contribution in [2.24, 2.45) is 0 Å². The number of rotatable bonds is 9. The zero-order valence-electron chi connectivity index (χ0n) is 38.4. The summed E-state index contributed by atoms with van der Waals surface area (Å²) in [6, 6.07) is 94.7. The van der Waals surface area contributed by atoms with Gasteiger partial charge in [-0.3, -0.25) is 0 Å². The van der Waals surface area contributed by atoms with Gasteiger partial charge >= 0.3 is 0 Å². The molecule has 0 amide bonds. The van der Waals surface area contributed by atoms with Crippen molar-refractivity contribution in [1.29, 1.82) is 0 Å². The van der Waals surface area contributed by atoms with Gasteiger partial charge in [-0.2, -0.15) is 0 Å². The number of para-hydroxylation sites is 2. The highest BCUT2D eigenvalue weighted by Crippen LogP contribution is 2.60. The van der Waals surface area contributed by atoms with Crippen LogP contribution in [0.4, 0.5) is 28.4 Å². The Hall–Kier alpha value is -8.46. The van der Waals surface area contributed by atoms with Crippen LogP contribution in [0.1, 0.15) is 36.0 Å². The van der Waals surface area contributed by atoms with Crippen LogP contribution >= 0.6 is 0 Å². The number of anilines is 5. The molecule has 0 saturated heterocycles. The quantitative estimate of drug-likeness (QED) is 0.133. The van der Waals surface area contributed by atoms with E-state index < -0.39 is 5.41 Å². The lowest BCUT2D eigenvalue weighted by Crippen LogP contribution is -2.36. The molecule has 0 aliphatic heterocycles. The number of benzene rings is 11. The maximum Gasteiger partial charge on any atom is 0.0673 e. The molecular weight excluding hydrogens is 833 g/mol. The molecule has 2 heteroatoms. The van der Waals surface area contributed by atoms with E-state index in [9.17, 15) is 0 Å². The number of allylic oxidation sites excluding steroid dienone is 1. The van der Waals surface area contributed by atoms with E-state index in [1.54, 1.807) is 0 Å². The first-order chi connectivity index (χ1) is 34.2. The van der Waals surface area contributed by atoms with Gasteiger partial charge < -0.3 is 9.80 Å². The third-order valence-corrected chi connectivity index (χ3v) is 15.0. The topological polar surface area (TPSA) is 6.48 Å². The molecular formula is C67H50N2. The van der Waals surface area contributed by atoms with E-state index in [0.29, 0.717) is 0 Å². The van der Waals surface area contributed by atoms with Gasteiger partial charge in [0.15, 0.2) is 0 Å². The number of nitrogens with zero attached hydrogens (tertiary/aromatic N) is 2. The summed E-state index contributed by atoms with van der Waals surface area (Å²) in [5.74, 6) is 0. The maximum atomic E-state index is 2.62. The smallest absolute Gasteiger partial charge is 0.0673 e. The molecule has 11 aromatic carbocycles. The Morgan fingerprint density at radius 3 is 1.65 bits per heavy atom. The molecule has 0 fully saturated rings. The predicted octanol–water partition coefficient (Wildman–Crippen LogP) is 17.9. The Kier molecular flexibility index (Phi) is 10.1. The summed E-state index contributed by atoms with van der Waals surface area (Å²) in [5.41, 5.74) is 15.9. The van der Waals surface area contributed by atoms with Gasteiger partial charge in [0.2, 0.25) is 0 Å². The molecule has 2 atom stereocenters. The van der Waals surface area contributed by atoms with Gasteiger partial charge in [-0.1, -0.05) is 194 Å². The highest BCUT2D eigenvalue weighted by molar-refractivity contribution is 5.99. The molecule has 328 valence electrons. The minimum absolute atomic E-state index is 0.288. The minimum Gasteiger partial charge on any atom is -0.338 e. The van der Waals surface area contributed by atoms with Crippen LogP contribution < -0.4 is 9.80 Å². The van der Waals surface area contributed by atoms with E-state index in [2.05, 4.69) is 271 Å². The van der Waals surface area contributed by atoms with Gasteiger partial charge in [0, 0.05) is 34.5 Å². The summed E-state index contributed by atoms with van der Waals surface area (Å²) in [4.78, 5) is 5.02. The summed E-state index contributed by atoms with van der Waals surface area (Å²) in [7, 11) is 0. The van der Waals surface area contributed by atoms with E-state index in [0.717, 1.165) is 36.3 Å². The molecule has 0 saturated carbocycles. The van der Waals surface area contributed by atoms with Crippen LogP contribution in [0, 0.1) is 0 Å². The SMILES string of the molecule is C1=C(C2(c3ccccc3)c3ccc(N(c4ccccc4)c4ccc(-c5cccc6ccccc56)cc4)cc3-c3cc4ccccc4cc32)CCC(N(c2ccccc2)c2ccc3ccccc3c2)C1. The minimum atomic E-state index is -0.475. The molecule has 11 aromatic rings. The Morgan fingerprint density at radius 1 is 0.362 bits per heavy atom. The van der Waals surface area contributed by atoms with E-state index in [1.165, 1.54) is 88.2 Å². The fourth-order valence-electron chi connectivity index (χ4n) is 11.8. The van der Waals surface area contributed by atoms with Gasteiger partial charge in [0.05, 0.1) is 5.41 Å². The van der Waals surface area contributed by atoms with Crippen molar-refractivity contribution < 1.29 is 0 Å². The molecule has 0 aromatic heterocycles. The predicted molar refractivity (Wildman–Crippen MR) is 292 cm³/mol. The van der Waals surface area contributed by atoms with Gasteiger partial charge in [-0.15, -0.1) is 0 Å². The van der Waals surface area contributed by atoms with E-state index >= 15 is 0 Å². The fraction of sp³-hybridized carbons (Fsp3) is 0.0746. The van der Waals surface area contributed by atoms with Crippen molar-refractivity contribution in [2.75, 3.05) is 9.80 Å². The van der Waals surface area contributed by atoms with Crippen molar-refractivity contribution >= 4 is 60.8 Å². The Labute approximate surface area is 404 Å². The van der Waals surface area contributed by atoms with Crippen molar-refractivity contribution in [3.63, 3.8) is 0 Å². The van der Waals surface area contributed by atoms with Crippen molar-refractivity contribution in [1.82, 2.24) is 0 Å². The molecule has 2 aliphatic rings. The molecule has 69 heavy (non-hydrogen) atoms. The highest BCUT2D eigenvalue weighted by atomic mass is 15.2. The van der Waals surface area contributed by atoms with E-state index in [1.807, 2.05) is 0 Å². The Balaban J connectivity index is 0.963. The van der Waals surface area contributed by atoms with Gasteiger partial charge in [0.1, 0.15) is 0 Å². The van der Waals surface area contributed by atoms with Gasteiger partial charge in [-0.05, 0) is 163 Å². The lowest BCUT2D eigenvalue weighted by atomic mass is 9.64. The second-order valence-corrected chi connectivity index (χ2v) is 18.7. The van der Waals surface area contributed by atoms with Crippen molar-refractivity contribution in [3.8, 4) is 22.3 Å². The number of hydrogen-bond donors (Lipinski definition) is 0. The summed E-state index contributed by atoms with van der Waals surface area (Å²) >= 11 is 0. The first kappa shape index (κ1) is 40.8. The summed E-state index contributed by atoms with van der Waals surface area (Å²) in [6.45, 7) is 0. The molecule has 0 bridgehead atoms. The van der Waals surface area contributed by atoms with Crippen LogP contribution in [0.5, 0.6) is 0 Å². The largest absolute Gasteiger partial charge is 0.338 e. The molecule has 0 heterocycles. The van der Waals surface area contributed by atoms with Crippen LogP contribution in [0.25, 0.3) is 54.6 Å². The molecule has 13 rings (SSSR count). The fourth-order valence-corrected chi connectivity index (χ4v) is 11.8. The molecule has 2 unspecified atom stereocenters. The monoisotopic (exact) mass is 882 g/mol. The maximum absolute atomic E-state index is 2.62. The van der Waals surface area contributed by atoms with Crippen molar-refractivity contribution in [3.05, 3.63) is 283 Å². The molecule has 0 spiro atoms. The first-order valence-corrected chi connectivity index (χ1v) is 24.4. The lowest BCUT2D eigenvalue weighted by molar-refractivity contribution is 0.539.